The summed E-state index contributed by atoms with van der Waals surface area (Å²) in [6, 6.07) is 7.83. The number of rotatable bonds is 7. The molecule has 3 N–H and O–H groups in total. The predicted octanol–water partition coefficient (Wildman–Crippen LogP) is 5.18. The molecule has 0 aliphatic rings. The smallest absolute Gasteiger partial charge is 0.166 e. The normalized spacial score (nSPS) is 11.4. The fourth-order valence-electron chi connectivity index (χ4n) is 4.20. The van der Waals surface area contributed by atoms with E-state index < -0.39 is 0 Å². The van der Waals surface area contributed by atoms with Crippen molar-refractivity contribution in [3.05, 3.63) is 73.4 Å². The zero-order chi connectivity index (χ0) is 24.6. The van der Waals surface area contributed by atoms with E-state index >= 15 is 0 Å². The highest BCUT2D eigenvalue weighted by atomic mass is 15.2. The van der Waals surface area contributed by atoms with Crippen LogP contribution in [0.3, 0.4) is 0 Å². The number of imidazole rings is 2. The molecule has 0 unspecified atom stereocenters. The van der Waals surface area contributed by atoms with Crippen molar-refractivity contribution in [2.75, 3.05) is 5.32 Å². The first-order chi connectivity index (χ1) is 17.6. The van der Waals surface area contributed by atoms with Crippen molar-refractivity contribution in [2.45, 2.75) is 26.7 Å². The van der Waals surface area contributed by atoms with Crippen LogP contribution in [0, 0.1) is 6.92 Å². The van der Waals surface area contributed by atoms with E-state index in [0.29, 0.717) is 22.9 Å². The number of nitrogens with one attached hydrogen (secondary N) is 3. The number of nitrogens with zero attached hydrogens (tertiary/aromatic N) is 7. The summed E-state index contributed by atoms with van der Waals surface area (Å²) in [4.78, 5) is 26.3. The molecule has 0 atom stereocenters. The van der Waals surface area contributed by atoms with Gasteiger partial charge in [-0.15, -0.1) is 0 Å². The Kier molecular flexibility index (Phi) is 5.25. The summed E-state index contributed by atoms with van der Waals surface area (Å²) in [6.07, 6.45) is 10.9. The maximum Gasteiger partial charge on any atom is 0.166 e. The number of aromatic nitrogens is 9. The molecule has 0 amide bonds. The summed E-state index contributed by atoms with van der Waals surface area (Å²) >= 11 is 0. The lowest BCUT2D eigenvalue weighted by atomic mass is 10.1. The van der Waals surface area contributed by atoms with Gasteiger partial charge >= 0.3 is 0 Å². The Morgan fingerprint density at radius 1 is 1.08 bits per heavy atom. The van der Waals surface area contributed by atoms with Gasteiger partial charge in [0.05, 0.1) is 34.3 Å². The largest absolute Gasteiger partial charge is 0.358 e. The average molecular weight is 477 g/mol. The van der Waals surface area contributed by atoms with Crippen LogP contribution in [-0.2, 0) is 0 Å². The molecule has 10 heteroatoms. The number of aromatic amines is 2. The van der Waals surface area contributed by atoms with E-state index in [1.54, 1.807) is 24.9 Å². The third-order valence-corrected chi connectivity index (χ3v) is 5.88. The van der Waals surface area contributed by atoms with E-state index in [1.165, 1.54) is 0 Å². The molecular formula is C26H24N10. The van der Waals surface area contributed by atoms with Crippen molar-refractivity contribution in [1.82, 2.24) is 44.7 Å². The number of hydrogen-bond acceptors (Lipinski definition) is 7. The van der Waals surface area contributed by atoms with Gasteiger partial charge in [0.25, 0.3) is 0 Å². The van der Waals surface area contributed by atoms with Gasteiger partial charge in [0, 0.05) is 29.9 Å². The minimum Gasteiger partial charge on any atom is -0.358 e. The highest BCUT2D eigenvalue weighted by Crippen LogP contribution is 2.29. The number of aryl methyl sites for hydroxylation is 1. The number of anilines is 1. The van der Waals surface area contributed by atoms with Crippen molar-refractivity contribution in [3.63, 3.8) is 0 Å². The maximum absolute atomic E-state index is 4.92. The lowest BCUT2D eigenvalue weighted by Crippen LogP contribution is -1.98. The lowest BCUT2D eigenvalue weighted by Gasteiger charge is -2.09. The number of hydrogen-bond donors (Lipinski definition) is 3. The van der Waals surface area contributed by atoms with E-state index in [9.17, 15) is 0 Å². The molecule has 36 heavy (non-hydrogen) atoms. The van der Waals surface area contributed by atoms with Gasteiger partial charge in [0.2, 0.25) is 0 Å². The Labute approximate surface area is 206 Å². The van der Waals surface area contributed by atoms with E-state index in [1.807, 2.05) is 42.0 Å². The summed E-state index contributed by atoms with van der Waals surface area (Å²) in [5.41, 5.74) is 8.17. The summed E-state index contributed by atoms with van der Waals surface area (Å²) < 4.78 is 1.87. The van der Waals surface area contributed by atoms with Gasteiger partial charge in [-0.3, -0.25) is 14.6 Å². The van der Waals surface area contributed by atoms with Crippen molar-refractivity contribution in [2.24, 2.45) is 0 Å². The highest BCUT2D eigenvalue weighted by molar-refractivity contribution is 5.92. The van der Waals surface area contributed by atoms with Gasteiger partial charge in [-0.2, -0.15) is 5.10 Å². The van der Waals surface area contributed by atoms with Crippen LogP contribution in [0.2, 0.25) is 0 Å². The van der Waals surface area contributed by atoms with Gasteiger partial charge in [-0.05, 0) is 37.6 Å². The quantitative estimate of drug-likeness (QED) is 0.290. The van der Waals surface area contributed by atoms with Crippen LogP contribution in [0.5, 0.6) is 0 Å². The Hall–Kier alpha value is -4.86. The first-order valence-electron chi connectivity index (χ1n) is 11.7. The van der Waals surface area contributed by atoms with E-state index in [2.05, 4.69) is 49.0 Å². The second kappa shape index (κ2) is 8.73. The van der Waals surface area contributed by atoms with Gasteiger partial charge in [0.15, 0.2) is 17.3 Å². The fourth-order valence-corrected chi connectivity index (χ4v) is 4.20. The van der Waals surface area contributed by atoms with E-state index in [0.717, 1.165) is 57.7 Å². The van der Waals surface area contributed by atoms with Crippen LogP contribution in [0.4, 0.5) is 5.69 Å². The van der Waals surface area contributed by atoms with Crippen LogP contribution < -0.4 is 5.32 Å². The standard InChI is InChI=1S/C26H24N10/c1-4-5-15(2)30-18-10-17(11-27-12-18)19-6-7-21-22(31-19)24(35-34-21)25-32-20-8-9-28-26(23(20)33-25)36-13-16(3)29-14-36/h6-14,30H,2,4-5H2,1,3H3,(H,32,33)(H,34,35). The third kappa shape index (κ3) is 3.88. The summed E-state index contributed by atoms with van der Waals surface area (Å²) in [5.74, 6) is 1.31. The molecule has 6 heterocycles. The Bertz CT molecular complexity index is 1720. The van der Waals surface area contributed by atoms with Gasteiger partial charge in [-0.25, -0.2) is 19.9 Å². The SMILES string of the molecule is C=C(CCC)Nc1cncc(-c2ccc3[nH]nc(-c4nc5c(-n6cnc(C)c6)nccc5[nH]4)c3n2)c1. The molecule has 0 spiro atoms. The summed E-state index contributed by atoms with van der Waals surface area (Å²) in [5, 5.41) is 10.9. The van der Waals surface area contributed by atoms with Crippen LogP contribution in [0.25, 0.3) is 50.7 Å². The third-order valence-electron chi connectivity index (χ3n) is 5.88. The monoisotopic (exact) mass is 476 g/mol. The Balaban J connectivity index is 1.40. The molecular weight excluding hydrogens is 452 g/mol. The molecule has 0 radical (unpaired) electrons. The first-order valence-corrected chi connectivity index (χ1v) is 11.7. The number of H-pyrrole nitrogens is 2. The molecule has 6 aromatic rings. The van der Waals surface area contributed by atoms with Crippen molar-refractivity contribution >= 4 is 27.8 Å². The van der Waals surface area contributed by atoms with Gasteiger partial charge < -0.3 is 10.3 Å². The molecule has 0 fully saturated rings. The average Bonchev–Trinajstić information content (AvgIpc) is 3.61. The van der Waals surface area contributed by atoms with Crippen LogP contribution in [0.1, 0.15) is 25.5 Å². The van der Waals surface area contributed by atoms with Crippen LogP contribution >= 0.6 is 0 Å². The zero-order valence-electron chi connectivity index (χ0n) is 19.9. The molecule has 6 aromatic heterocycles. The molecule has 10 nitrogen and oxygen atoms in total. The molecule has 0 aliphatic carbocycles. The van der Waals surface area contributed by atoms with Crippen LogP contribution in [-0.4, -0.2) is 44.7 Å². The van der Waals surface area contributed by atoms with Crippen LogP contribution in [0.15, 0.2) is 67.7 Å². The molecule has 178 valence electrons. The van der Waals surface area contributed by atoms with Crippen molar-refractivity contribution in [1.29, 1.82) is 0 Å². The Morgan fingerprint density at radius 2 is 2.00 bits per heavy atom. The molecule has 0 bridgehead atoms. The molecule has 6 rings (SSSR count). The summed E-state index contributed by atoms with van der Waals surface area (Å²) in [6.45, 7) is 8.14. The van der Waals surface area contributed by atoms with E-state index in [4.69, 9.17) is 9.97 Å². The van der Waals surface area contributed by atoms with E-state index in [-0.39, 0.29) is 0 Å². The second-order valence-electron chi connectivity index (χ2n) is 8.64. The Morgan fingerprint density at radius 3 is 2.83 bits per heavy atom. The topological polar surface area (TPSA) is 126 Å². The fraction of sp³-hybridized carbons (Fsp3) is 0.154. The minimum absolute atomic E-state index is 0.608. The summed E-state index contributed by atoms with van der Waals surface area (Å²) in [7, 11) is 0. The van der Waals surface area contributed by atoms with Gasteiger partial charge in [-0.1, -0.05) is 19.9 Å². The minimum atomic E-state index is 0.608. The molecule has 0 aliphatic heterocycles. The lowest BCUT2D eigenvalue weighted by molar-refractivity contribution is 0.913. The number of pyridine rings is 3. The van der Waals surface area contributed by atoms with Crippen molar-refractivity contribution < 1.29 is 0 Å². The predicted molar refractivity (Wildman–Crippen MR) is 140 cm³/mol. The second-order valence-corrected chi connectivity index (χ2v) is 8.64. The molecule has 0 saturated heterocycles. The zero-order valence-corrected chi connectivity index (χ0v) is 19.9. The highest BCUT2D eigenvalue weighted by Gasteiger charge is 2.17. The number of allylic oxidation sites excluding steroid dienone is 1. The molecule has 0 saturated carbocycles. The van der Waals surface area contributed by atoms with Gasteiger partial charge in [0.1, 0.15) is 17.4 Å². The number of fused-ring (bicyclic) bond motifs is 2. The molecule has 0 aromatic carbocycles. The maximum atomic E-state index is 4.92. The first kappa shape index (κ1) is 21.7. The van der Waals surface area contributed by atoms with Crippen molar-refractivity contribution in [3.8, 4) is 28.6 Å².